The van der Waals surface area contributed by atoms with E-state index in [1.807, 2.05) is 36.4 Å². The Balaban J connectivity index is 1.66. The average molecular weight is 406 g/mol. The molecule has 0 amide bonds. The number of hydrogen-bond acceptors (Lipinski definition) is 2. The third-order valence-electron chi connectivity index (χ3n) is 6.31. The van der Waals surface area contributed by atoms with E-state index in [1.165, 1.54) is 0 Å². The summed E-state index contributed by atoms with van der Waals surface area (Å²) in [6.07, 6.45) is 8.86. The second kappa shape index (κ2) is 4.83. The van der Waals surface area contributed by atoms with Crippen molar-refractivity contribution in [1.29, 1.82) is 0 Å². The molecule has 0 aliphatic heterocycles. The molecule has 4 atom stereocenters. The van der Waals surface area contributed by atoms with E-state index >= 15 is 0 Å². The van der Waals surface area contributed by atoms with Gasteiger partial charge in [-0.15, -0.1) is 0 Å². The molecule has 2 N–H and O–H groups in total. The first-order valence-corrected chi connectivity index (χ1v) is 9.67. The van der Waals surface area contributed by atoms with Crippen LogP contribution in [0.4, 0.5) is 0 Å². The summed E-state index contributed by atoms with van der Waals surface area (Å²) >= 11 is 3.60. The van der Waals surface area contributed by atoms with Crippen LogP contribution in [0.15, 0.2) is 65.2 Å². The summed E-state index contributed by atoms with van der Waals surface area (Å²) < 4.78 is 2.62. The second-order valence-electron chi connectivity index (χ2n) is 7.40. The van der Waals surface area contributed by atoms with Crippen molar-refractivity contribution >= 4 is 26.7 Å². The van der Waals surface area contributed by atoms with E-state index in [1.54, 1.807) is 4.57 Å². The minimum Gasteiger partial charge on any atom is -0.494 e. The summed E-state index contributed by atoms with van der Waals surface area (Å²) in [6.45, 7) is 0. The van der Waals surface area contributed by atoms with E-state index in [4.69, 9.17) is 0 Å². The first kappa shape index (κ1) is 14.7. The smallest absolute Gasteiger partial charge is 0.202 e. The van der Waals surface area contributed by atoms with Gasteiger partial charge in [-0.2, -0.15) is 0 Å². The van der Waals surface area contributed by atoms with E-state index in [0.29, 0.717) is 11.8 Å². The fourth-order valence-corrected chi connectivity index (χ4v) is 5.55. The van der Waals surface area contributed by atoms with E-state index in [0.717, 1.165) is 32.1 Å². The van der Waals surface area contributed by atoms with Crippen LogP contribution in [-0.2, 0) is 0 Å². The molecular weight excluding hydrogens is 390 g/mol. The third kappa shape index (κ3) is 1.59. The summed E-state index contributed by atoms with van der Waals surface area (Å²) in [5.41, 5.74) is 2.59. The molecule has 4 aliphatic carbocycles. The minimum atomic E-state index is 0.152. The Morgan fingerprint density at radius 1 is 0.731 bits per heavy atom. The van der Waals surface area contributed by atoms with Crippen LogP contribution in [0.1, 0.15) is 23.0 Å². The molecule has 1 aromatic heterocycles. The maximum atomic E-state index is 11.1. The quantitative estimate of drug-likeness (QED) is 0.535. The first-order chi connectivity index (χ1) is 12.7. The Bertz CT molecular complexity index is 1110. The number of aromatic hydroxyl groups is 2. The van der Waals surface area contributed by atoms with Gasteiger partial charge in [0.05, 0.1) is 5.69 Å². The van der Waals surface area contributed by atoms with Gasteiger partial charge in [-0.3, -0.25) is 4.57 Å². The van der Waals surface area contributed by atoms with Gasteiger partial charge in [0, 0.05) is 32.8 Å². The van der Waals surface area contributed by atoms with Gasteiger partial charge in [0.25, 0.3) is 0 Å². The third-order valence-corrected chi connectivity index (χ3v) is 7.00. The molecule has 3 nitrogen and oxygen atoms in total. The van der Waals surface area contributed by atoms with Gasteiger partial charge in [0.1, 0.15) is 0 Å². The molecule has 128 valence electrons. The zero-order chi connectivity index (χ0) is 17.6. The molecule has 1 heterocycles. The summed E-state index contributed by atoms with van der Waals surface area (Å²) in [7, 11) is 0. The van der Waals surface area contributed by atoms with E-state index in [-0.39, 0.29) is 23.6 Å². The highest BCUT2D eigenvalue weighted by Gasteiger charge is 2.49. The Morgan fingerprint density at radius 3 is 1.88 bits per heavy atom. The predicted octanol–water partition coefficient (Wildman–Crippen LogP) is 5.36. The monoisotopic (exact) mass is 405 g/mol. The van der Waals surface area contributed by atoms with Crippen LogP contribution in [0, 0.1) is 11.8 Å². The minimum absolute atomic E-state index is 0.152. The normalized spacial score (nSPS) is 27.4. The standard InChI is InChI=1S/C22H16BrNO2/c23-17-9-10-18(14-4-2-1-3-13(14)17)24-21(25)19-15-7-8-16(20(19)22(24)26)12-6-5-11(12)15/h1-12,15-16,25-26H/t11-,12+,15-,16+. The average Bonchev–Trinajstić information content (AvgIpc) is 2.88. The molecule has 4 aliphatic rings. The first-order valence-electron chi connectivity index (χ1n) is 8.87. The Kier molecular flexibility index (Phi) is 2.73. The number of fused-ring (bicyclic) bond motifs is 1. The van der Waals surface area contributed by atoms with Crippen molar-refractivity contribution < 1.29 is 10.2 Å². The molecular formula is C22H16BrNO2. The number of rotatable bonds is 1. The van der Waals surface area contributed by atoms with Crippen molar-refractivity contribution in [2.24, 2.45) is 11.8 Å². The van der Waals surface area contributed by atoms with Crippen molar-refractivity contribution in [3.63, 3.8) is 0 Å². The highest BCUT2D eigenvalue weighted by molar-refractivity contribution is 9.10. The number of aromatic nitrogens is 1. The van der Waals surface area contributed by atoms with E-state index < -0.39 is 0 Å². The number of benzene rings is 2. The highest BCUT2D eigenvalue weighted by Crippen LogP contribution is 2.62. The predicted molar refractivity (Wildman–Crippen MR) is 105 cm³/mol. The number of hydrogen-bond donors (Lipinski definition) is 2. The van der Waals surface area contributed by atoms with Gasteiger partial charge in [0.15, 0.2) is 0 Å². The molecule has 4 heteroatoms. The van der Waals surface area contributed by atoms with Crippen LogP contribution in [0.2, 0.25) is 0 Å². The van der Waals surface area contributed by atoms with Gasteiger partial charge in [-0.05, 0) is 29.4 Å². The van der Waals surface area contributed by atoms with Gasteiger partial charge < -0.3 is 10.2 Å². The molecule has 0 fully saturated rings. The Morgan fingerprint density at radius 2 is 1.31 bits per heavy atom. The summed E-state index contributed by atoms with van der Waals surface area (Å²) in [6, 6.07) is 11.9. The molecule has 0 saturated heterocycles. The maximum Gasteiger partial charge on any atom is 0.202 e. The number of nitrogens with zero attached hydrogens (tertiary/aromatic N) is 1. The lowest BCUT2D eigenvalue weighted by Gasteiger charge is -2.47. The SMILES string of the molecule is Oc1c2c(c(O)n1-c1ccc(Br)c3ccccc13)[C@@H]1C=C[C@H]2[C@H]2C=C[C@H]21. The molecule has 26 heavy (non-hydrogen) atoms. The zero-order valence-electron chi connectivity index (χ0n) is 13.8. The molecule has 3 aromatic rings. The fourth-order valence-electron chi connectivity index (χ4n) is 5.07. The van der Waals surface area contributed by atoms with E-state index in [2.05, 4.69) is 40.2 Å². The van der Waals surface area contributed by atoms with Gasteiger partial charge in [0.2, 0.25) is 11.8 Å². The zero-order valence-corrected chi connectivity index (χ0v) is 15.4. The fraction of sp³-hybridized carbons (Fsp3) is 0.182. The van der Waals surface area contributed by atoms with Crippen molar-refractivity contribution in [3.05, 3.63) is 76.3 Å². The van der Waals surface area contributed by atoms with Gasteiger partial charge >= 0.3 is 0 Å². The van der Waals surface area contributed by atoms with Crippen LogP contribution in [0.5, 0.6) is 11.8 Å². The van der Waals surface area contributed by atoms with Gasteiger partial charge in [-0.25, -0.2) is 0 Å². The molecule has 0 saturated carbocycles. The van der Waals surface area contributed by atoms with Crippen LogP contribution in [-0.4, -0.2) is 14.8 Å². The largest absolute Gasteiger partial charge is 0.494 e. The maximum absolute atomic E-state index is 11.1. The van der Waals surface area contributed by atoms with Crippen molar-refractivity contribution in [2.75, 3.05) is 0 Å². The number of halogens is 1. The molecule has 7 rings (SSSR count). The highest BCUT2D eigenvalue weighted by atomic mass is 79.9. The lowest BCUT2D eigenvalue weighted by Crippen LogP contribution is -2.36. The topological polar surface area (TPSA) is 45.4 Å². The summed E-state index contributed by atoms with van der Waals surface area (Å²) in [5.74, 6) is 1.53. The summed E-state index contributed by atoms with van der Waals surface area (Å²) in [4.78, 5) is 0. The Hall–Kier alpha value is -2.46. The van der Waals surface area contributed by atoms with Crippen LogP contribution >= 0.6 is 15.9 Å². The molecule has 2 bridgehead atoms. The van der Waals surface area contributed by atoms with Crippen molar-refractivity contribution in [2.45, 2.75) is 11.8 Å². The number of allylic oxidation sites excluding steroid dienone is 4. The molecule has 2 aromatic carbocycles. The van der Waals surface area contributed by atoms with Crippen molar-refractivity contribution in [3.8, 4) is 17.4 Å². The summed E-state index contributed by atoms with van der Waals surface area (Å²) in [5, 5.41) is 24.3. The van der Waals surface area contributed by atoms with E-state index in [9.17, 15) is 10.2 Å². The Labute approximate surface area is 159 Å². The molecule has 0 unspecified atom stereocenters. The molecule has 0 radical (unpaired) electrons. The van der Waals surface area contributed by atoms with Crippen LogP contribution in [0.25, 0.3) is 16.5 Å². The van der Waals surface area contributed by atoms with Crippen molar-refractivity contribution in [1.82, 2.24) is 4.57 Å². The second-order valence-corrected chi connectivity index (χ2v) is 8.25. The van der Waals surface area contributed by atoms with Crippen LogP contribution in [0.3, 0.4) is 0 Å². The lowest BCUT2D eigenvalue weighted by molar-refractivity contribution is 0.306. The van der Waals surface area contributed by atoms with Gasteiger partial charge in [-0.1, -0.05) is 64.5 Å². The lowest BCUT2D eigenvalue weighted by atomic mass is 9.56. The molecule has 0 spiro atoms. The van der Waals surface area contributed by atoms with Crippen LogP contribution < -0.4 is 0 Å².